The third-order valence-electron chi connectivity index (χ3n) is 3.09. The third-order valence-corrected chi connectivity index (χ3v) is 4.65. The number of rotatable bonds is 4. The largest absolute Gasteiger partial charge is 0.320 e. The molecule has 1 N–H and O–H groups in total. The van der Waals surface area contributed by atoms with Crippen molar-refractivity contribution in [3.8, 4) is 6.07 Å². The van der Waals surface area contributed by atoms with Crippen molar-refractivity contribution in [2.24, 2.45) is 0 Å². The van der Waals surface area contributed by atoms with E-state index in [9.17, 15) is 10.1 Å². The number of carbonyl (C=O) groups is 1. The fraction of sp³-hybridized carbons (Fsp3) is 0.333. The second-order valence-corrected chi connectivity index (χ2v) is 6.04. The average molecular weight is 307 g/mol. The molecule has 5 heteroatoms. The Kier molecular flexibility index (Phi) is 5.11. The Balaban J connectivity index is 2.43. The van der Waals surface area contributed by atoms with Crippen LogP contribution in [0, 0.1) is 11.3 Å². The van der Waals surface area contributed by atoms with E-state index in [1.54, 1.807) is 6.07 Å². The summed E-state index contributed by atoms with van der Waals surface area (Å²) in [5, 5.41) is 13.5. The molecule has 0 saturated carbocycles. The number of hydrogen-bond acceptors (Lipinski definition) is 3. The van der Waals surface area contributed by atoms with Crippen LogP contribution in [0.25, 0.3) is 0 Å². The number of halogens is 1. The zero-order chi connectivity index (χ0) is 14.5. The summed E-state index contributed by atoms with van der Waals surface area (Å²) in [5.41, 5.74) is 1.45. The minimum atomic E-state index is -0.248. The van der Waals surface area contributed by atoms with Crippen molar-refractivity contribution in [3.05, 3.63) is 45.5 Å². The van der Waals surface area contributed by atoms with Gasteiger partial charge in [0.15, 0.2) is 0 Å². The molecular formula is C15H15ClN2OS. The molecule has 1 aromatic carbocycles. The highest BCUT2D eigenvalue weighted by atomic mass is 35.5. The molecule has 0 spiro atoms. The number of nitriles is 1. The Hall–Kier alpha value is -1.44. The van der Waals surface area contributed by atoms with Crippen LogP contribution in [0.3, 0.4) is 0 Å². The van der Waals surface area contributed by atoms with E-state index >= 15 is 0 Å². The average Bonchev–Trinajstić information content (AvgIpc) is 2.45. The summed E-state index contributed by atoms with van der Waals surface area (Å²) in [6, 6.07) is 9.63. The van der Waals surface area contributed by atoms with Crippen LogP contribution in [0.15, 0.2) is 34.9 Å². The lowest BCUT2D eigenvalue weighted by Crippen LogP contribution is -2.31. The van der Waals surface area contributed by atoms with Gasteiger partial charge in [-0.1, -0.05) is 36.7 Å². The first kappa shape index (κ1) is 15.0. The molecule has 0 radical (unpaired) electrons. The lowest BCUT2D eigenvalue weighted by atomic mass is 9.87. The predicted molar refractivity (Wildman–Crippen MR) is 82.3 cm³/mol. The minimum Gasteiger partial charge on any atom is -0.320 e. The van der Waals surface area contributed by atoms with Gasteiger partial charge in [0.05, 0.1) is 16.7 Å². The topological polar surface area (TPSA) is 52.9 Å². The van der Waals surface area contributed by atoms with Gasteiger partial charge in [-0.25, -0.2) is 0 Å². The molecule has 104 valence electrons. The van der Waals surface area contributed by atoms with Crippen LogP contribution in [0.4, 0.5) is 0 Å². The molecule has 0 unspecified atom stereocenters. The maximum Gasteiger partial charge on any atom is 0.225 e. The van der Waals surface area contributed by atoms with Crippen molar-refractivity contribution in [1.29, 1.82) is 5.26 Å². The molecule has 1 atom stereocenters. The Morgan fingerprint density at radius 1 is 1.50 bits per heavy atom. The lowest BCUT2D eigenvalue weighted by Gasteiger charge is -2.25. The second kappa shape index (κ2) is 6.83. The van der Waals surface area contributed by atoms with Gasteiger partial charge in [0.1, 0.15) is 0 Å². The molecule has 0 bridgehead atoms. The number of benzene rings is 1. The number of amides is 1. The maximum atomic E-state index is 11.9. The highest BCUT2D eigenvalue weighted by Gasteiger charge is 2.30. The lowest BCUT2D eigenvalue weighted by molar-refractivity contribution is -0.120. The smallest absolute Gasteiger partial charge is 0.225 e. The van der Waals surface area contributed by atoms with E-state index in [1.807, 2.05) is 18.2 Å². The van der Waals surface area contributed by atoms with E-state index < -0.39 is 0 Å². The first-order valence-electron chi connectivity index (χ1n) is 6.48. The van der Waals surface area contributed by atoms with Gasteiger partial charge < -0.3 is 5.32 Å². The first-order chi connectivity index (χ1) is 9.67. The molecule has 0 aliphatic carbocycles. The van der Waals surface area contributed by atoms with Crippen molar-refractivity contribution < 1.29 is 4.79 Å². The van der Waals surface area contributed by atoms with Crippen LogP contribution in [0.2, 0.25) is 5.02 Å². The van der Waals surface area contributed by atoms with Crippen LogP contribution in [-0.2, 0) is 4.79 Å². The Morgan fingerprint density at radius 3 is 2.90 bits per heavy atom. The fourth-order valence-corrected chi connectivity index (χ4v) is 3.37. The summed E-state index contributed by atoms with van der Waals surface area (Å²) < 4.78 is 0. The predicted octanol–water partition coefficient (Wildman–Crippen LogP) is 3.82. The highest BCUT2D eigenvalue weighted by molar-refractivity contribution is 8.03. The van der Waals surface area contributed by atoms with Crippen LogP contribution < -0.4 is 5.32 Å². The number of carbonyl (C=O) groups excluding carboxylic acids is 1. The highest BCUT2D eigenvalue weighted by Crippen LogP contribution is 2.38. The fourth-order valence-electron chi connectivity index (χ4n) is 2.16. The van der Waals surface area contributed by atoms with Crippen LogP contribution in [0.1, 0.15) is 31.2 Å². The number of nitrogens with zero attached hydrogens (tertiary/aromatic N) is 1. The maximum absolute atomic E-state index is 11.9. The zero-order valence-corrected chi connectivity index (χ0v) is 12.7. The summed E-state index contributed by atoms with van der Waals surface area (Å²) >= 11 is 7.73. The first-order valence-corrected chi connectivity index (χ1v) is 7.85. The number of allylic oxidation sites excluding steroid dienone is 1. The molecule has 3 nitrogen and oxygen atoms in total. The molecule has 1 aromatic rings. The quantitative estimate of drug-likeness (QED) is 0.920. The van der Waals surface area contributed by atoms with Gasteiger partial charge >= 0.3 is 0 Å². The molecule has 0 aromatic heterocycles. The second-order valence-electron chi connectivity index (χ2n) is 4.53. The molecule has 0 fully saturated rings. The zero-order valence-electron chi connectivity index (χ0n) is 11.1. The molecule has 20 heavy (non-hydrogen) atoms. The van der Waals surface area contributed by atoms with Crippen molar-refractivity contribution in [3.63, 3.8) is 0 Å². The van der Waals surface area contributed by atoms with E-state index in [-0.39, 0.29) is 18.2 Å². The molecule has 1 amide bonds. The normalized spacial score (nSPS) is 18.6. The molecule has 1 aliphatic heterocycles. The van der Waals surface area contributed by atoms with Gasteiger partial charge in [-0.15, -0.1) is 11.8 Å². The molecule has 0 saturated heterocycles. The molecule has 1 aliphatic rings. The van der Waals surface area contributed by atoms with Gasteiger partial charge in [-0.05, 0) is 23.8 Å². The van der Waals surface area contributed by atoms with Gasteiger partial charge in [-0.3, -0.25) is 4.79 Å². The van der Waals surface area contributed by atoms with Gasteiger partial charge in [0, 0.05) is 17.4 Å². The van der Waals surface area contributed by atoms with Crippen LogP contribution in [0.5, 0.6) is 0 Å². The van der Waals surface area contributed by atoms with Gasteiger partial charge in [0.2, 0.25) is 5.91 Å². The molecule has 2 rings (SSSR count). The van der Waals surface area contributed by atoms with Gasteiger partial charge in [-0.2, -0.15) is 5.26 Å². The Bertz CT molecular complexity index is 592. The summed E-state index contributed by atoms with van der Waals surface area (Å²) in [7, 11) is 0. The SMILES string of the molecule is CCCSC1=C(C#N)[C@H](c2ccccc2Cl)CC(=O)N1. The van der Waals surface area contributed by atoms with Crippen molar-refractivity contribution >= 4 is 29.3 Å². The third kappa shape index (κ3) is 3.17. The van der Waals surface area contributed by atoms with Crippen molar-refractivity contribution in [1.82, 2.24) is 5.32 Å². The number of hydrogen-bond donors (Lipinski definition) is 1. The standard InChI is InChI=1S/C15H15ClN2OS/c1-2-7-20-15-12(9-17)11(8-14(19)18-15)10-5-3-4-6-13(10)16/h3-6,11H,2,7-8H2,1H3,(H,18,19)/t11-/m0/s1. The molecular weight excluding hydrogens is 292 g/mol. The van der Waals surface area contributed by atoms with Gasteiger partial charge in [0.25, 0.3) is 0 Å². The van der Waals surface area contributed by atoms with Crippen molar-refractivity contribution in [2.45, 2.75) is 25.7 Å². The minimum absolute atomic E-state index is 0.0625. The Morgan fingerprint density at radius 2 is 2.25 bits per heavy atom. The van der Waals surface area contributed by atoms with Crippen LogP contribution in [-0.4, -0.2) is 11.7 Å². The Labute approximate surface area is 128 Å². The van der Waals surface area contributed by atoms with E-state index in [0.717, 1.165) is 17.7 Å². The summed E-state index contributed by atoms with van der Waals surface area (Å²) in [6.07, 6.45) is 1.25. The van der Waals surface area contributed by atoms with Crippen LogP contribution >= 0.6 is 23.4 Å². The van der Waals surface area contributed by atoms with Crippen molar-refractivity contribution in [2.75, 3.05) is 5.75 Å². The molecule has 1 heterocycles. The van der Waals surface area contributed by atoms with E-state index in [1.165, 1.54) is 11.8 Å². The monoisotopic (exact) mass is 306 g/mol. The van der Waals surface area contributed by atoms with E-state index in [4.69, 9.17) is 11.6 Å². The van der Waals surface area contributed by atoms with E-state index in [0.29, 0.717) is 15.6 Å². The number of nitrogens with one attached hydrogen (secondary N) is 1. The van der Waals surface area contributed by atoms with E-state index in [2.05, 4.69) is 18.3 Å². The summed E-state index contributed by atoms with van der Waals surface area (Å²) in [4.78, 5) is 11.9. The summed E-state index contributed by atoms with van der Waals surface area (Å²) in [6.45, 7) is 2.07. The summed E-state index contributed by atoms with van der Waals surface area (Å²) in [5.74, 6) is 0.560. The number of thioether (sulfide) groups is 1.